The second-order valence-corrected chi connectivity index (χ2v) is 7.84. The van der Waals surface area contributed by atoms with Gasteiger partial charge in [-0.15, -0.1) is 0 Å². The molecule has 1 N–H and O–H groups in total. The van der Waals surface area contributed by atoms with Gasteiger partial charge in [0.25, 0.3) is 5.91 Å². The first kappa shape index (κ1) is 17.5. The highest BCUT2D eigenvalue weighted by Crippen LogP contribution is 2.29. The Morgan fingerprint density at radius 2 is 1.62 bits per heavy atom. The van der Waals surface area contributed by atoms with Gasteiger partial charge in [0.2, 0.25) is 0 Å². The number of nitrogens with one attached hydrogen (secondary N) is 1. The highest BCUT2D eigenvalue weighted by Gasteiger charge is 2.27. The molecule has 2 unspecified atom stereocenters. The third-order valence-corrected chi connectivity index (χ3v) is 5.93. The molecule has 0 spiro atoms. The Morgan fingerprint density at radius 3 is 2.25 bits per heavy atom. The summed E-state index contributed by atoms with van der Waals surface area (Å²) in [4.78, 5) is 14.5. The molecule has 0 aromatic heterocycles. The molecule has 1 amide bonds. The molecule has 1 aliphatic heterocycles. The van der Waals surface area contributed by atoms with Crippen LogP contribution in [0.15, 0.2) is 24.3 Å². The van der Waals surface area contributed by atoms with Crippen LogP contribution in [0, 0.1) is 11.8 Å². The number of nitrogens with zero attached hydrogens (tertiary/aromatic N) is 1. The van der Waals surface area contributed by atoms with Crippen molar-refractivity contribution in [1.29, 1.82) is 0 Å². The van der Waals surface area contributed by atoms with Crippen LogP contribution in [0.4, 0.5) is 0 Å². The van der Waals surface area contributed by atoms with Gasteiger partial charge < -0.3 is 10.2 Å². The Hall–Kier alpha value is -1.35. The summed E-state index contributed by atoms with van der Waals surface area (Å²) in [5, 5.41) is 3.75. The first-order chi connectivity index (χ1) is 11.6. The number of likely N-dealkylation sites (tertiary alicyclic amines) is 1. The minimum atomic E-state index is 0.198. The zero-order chi connectivity index (χ0) is 16.9. The van der Waals surface area contributed by atoms with Crippen LogP contribution in [0.2, 0.25) is 0 Å². The summed E-state index contributed by atoms with van der Waals surface area (Å²) in [5.74, 6) is 1.71. The number of hydrogen-bond acceptors (Lipinski definition) is 2. The topological polar surface area (TPSA) is 32.3 Å². The molecule has 132 valence electrons. The molecule has 1 heterocycles. The van der Waals surface area contributed by atoms with Gasteiger partial charge >= 0.3 is 0 Å². The molecule has 2 fully saturated rings. The van der Waals surface area contributed by atoms with Crippen molar-refractivity contribution < 1.29 is 4.79 Å². The van der Waals surface area contributed by atoms with Crippen LogP contribution in [0.5, 0.6) is 0 Å². The zero-order valence-corrected chi connectivity index (χ0v) is 15.3. The van der Waals surface area contributed by atoms with Crippen molar-refractivity contribution in [2.45, 2.75) is 65.0 Å². The molecule has 0 bridgehead atoms. The smallest absolute Gasteiger partial charge is 0.253 e. The zero-order valence-electron chi connectivity index (χ0n) is 15.3. The Bertz CT molecular complexity index is 523. The van der Waals surface area contributed by atoms with E-state index in [9.17, 15) is 4.79 Å². The molecule has 2 aliphatic rings. The normalized spacial score (nSPS) is 27.9. The van der Waals surface area contributed by atoms with Crippen molar-refractivity contribution in [2.75, 3.05) is 13.1 Å². The van der Waals surface area contributed by atoms with Crippen molar-refractivity contribution in [3.05, 3.63) is 35.4 Å². The van der Waals surface area contributed by atoms with E-state index in [4.69, 9.17) is 0 Å². The maximum Gasteiger partial charge on any atom is 0.253 e. The standard InChI is InChI=1S/C21H32N2O/c1-16-7-6-8-17(2)20(16)22-15-18-9-11-19(12-10-18)21(24)23-13-4-3-5-14-23/h9-12,16-17,20,22H,3-8,13-15H2,1-2H3. The fraction of sp³-hybridized carbons (Fsp3) is 0.667. The second kappa shape index (κ2) is 8.15. The average Bonchev–Trinajstić information content (AvgIpc) is 2.62. The monoisotopic (exact) mass is 328 g/mol. The van der Waals surface area contributed by atoms with Crippen LogP contribution in [0.25, 0.3) is 0 Å². The first-order valence-electron chi connectivity index (χ1n) is 9.77. The lowest BCUT2D eigenvalue weighted by Crippen LogP contribution is -2.42. The largest absolute Gasteiger partial charge is 0.339 e. The predicted octanol–water partition coefficient (Wildman–Crippen LogP) is 4.23. The molecule has 2 atom stereocenters. The van der Waals surface area contributed by atoms with Gasteiger partial charge in [-0.2, -0.15) is 0 Å². The lowest BCUT2D eigenvalue weighted by atomic mass is 9.78. The maximum absolute atomic E-state index is 12.5. The number of rotatable bonds is 4. The Labute approximate surface area is 146 Å². The van der Waals surface area contributed by atoms with Gasteiger partial charge in [0.15, 0.2) is 0 Å². The summed E-state index contributed by atoms with van der Waals surface area (Å²) in [6, 6.07) is 8.85. The third kappa shape index (κ3) is 4.18. The number of carbonyl (C=O) groups excluding carboxylic acids is 1. The summed E-state index contributed by atoms with van der Waals surface area (Å²) in [6.07, 6.45) is 7.59. The van der Waals surface area contributed by atoms with Crippen LogP contribution in [0.1, 0.15) is 68.3 Å². The molecular formula is C21H32N2O. The van der Waals surface area contributed by atoms with E-state index in [2.05, 4.69) is 31.3 Å². The minimum Gasteiger partial charge on any atom is -0.339 e. The number of benzene rings is 1. The fourth-order valence-corrected chi connectivity index (χ4v) is 4.36. The van der Waals surface area contributed by atoms with Crippen molar-refractivity contribution in [2.24, 2.45) is 11.8 Å². The van der Waals surface area contributed by atoms with Crippen LogP contribution in [-0.4, -0.2) is 29.9 Å². The molecule has 1 aliphatic carbocycles. The van der Waals surface area contributed by atoms with E-state index >= 15 is 0 Å². The van der Waals surface area contributed by atoms with Gasteiger partial charge in [-0.3, -0.25) is 4.79 Å². The Morgan fingerprint density at radius 1 is 1.00 bits per heavy atom. The fourth-order valence-electron chi connectivity index (χ4n) is 4.36. The van der Waals surface area contributed by atoms with E-state index in [1.807, 2.05) is 17.0 Å². The van der Waals surface area contributed by atoms with Crippen molar-refractivity contribution in [3.63, 3.8) is 0 Å². The van der Waals surface area contributed by atoms with Crippen LogP contribution in [0.3, 0.4) is 0 Å². The van der Waals surface area contributed by atoms with E-state index in [1.54, 1.807) is 0 Å². The van der Waals surface area contributed by atoms with Gasteiger partial charge in [0.05, 0.1) is 0 Å². The van der Waals surface area contributed by atoms with Crippen molar-refractivity contribution >= 4 is 5.91 Å². The summed E-state index contributed by atoms with van der Waals surface area (Å²) < 4.78 is 0. The minimum absolute atomic E-state index is 0.198. The van der Waals surface area contributed by atoms with E-state index < -0.39 is 0 Å². The summed E-state index contributed by atoms with van der Waals surface area (Å²) in [5.41, 5.74) is 2.11. The van der Waals surface area contributed by atoms with Gasteiger partial charge in [-0.1, -0.05) is 32.4 Å². The second-order valence-electron chi connectivity index (χ2n) is 7.84. The first-order valence-corrected chi connectivity index (χ1v) is 9.77. The van der Waals surface area contributed by atoms with Crippen molar-refractivity contribution in [3.8, 4) is 0 Å². The molecule has 1 aromatic carbocycles. The third-order valence-electron chi connectivity index (χ3n) is 5.93. The number of amides is 1. The Kier molecular flexibility index (Phi) is 5.94. The average molecular weight is 329 g/mol. The van der Waals surface area contributed by atoms with E-state index in [1.165, 1.54) is 31.2 Å². The van der Waals surface area contributed by atoms with Crippen LogP contribution >= 0.6 is 0 Å². The summed E-state index contributed by atoms with van der Waals surface area (Å²) in [6.45, 7) is 7.47. The van der Waals surface area contributed by atoms with Crippen molar-refractivity contribution in [1.82, 2.24) is 10.2 Å². The van der Waals surface area contributed by atoms with Gasteiger partial charge in [0.1, 0.15) is 0 Å². The van der Waals surface area contributed by atoms with Gasteiger partial charge in [-0.25, -0.2) is 0 Å². The molecule has 0 radical (unpaired) electrons. The number of piperidine rings is 1. The lowest BCUT2D eigenvalue weighted by molar-refractivity contribution is 0.0724. The molecule has 3 nitrogen and oxygen atoms in total. The molecule has 3 heteroatoms. The highest BCUT2D eigenvalue weighted by molar-refractivity contribution is 5.94. The van der Waals surface area contributed by atoms with Crippen LogP contribution in [-0.2, 0) is 6.54 Å². The number of carbonyl (C=O) groups is 1. The number of hydrogen-bond donors (Lipinski definition) is 1. The van der Waals surface area contributed by atoms with Gasteiger partial charge in [0, 0.05) is 31.2 Å². The quantitative estimate of drug-likeness (QED) is 0.897. The lowest BCUT2D eigenvalue weighted by Gasteiger charge is -2.35. The molecule has 3 rings (SSSR count). The van der Waals surface area contributed by atoms with E-state index in [0.29, 0.717) is 6.04 Å². The molecule has 1 aromatic rings. The highest BCUT2D eigenvalue weighted by atomic mass is 16.2. The molecule has 1 saturated heterocycles. The predicted molar refractivity (Wildman–Crippen MR) is 99.0 cm³/mol. The van der Waals surface area contributed by atoms with Crippen LogP contribution < -0.4 is 5.32 Å². The SMILES string of the molecule is CC1CCCC(C)C1NCc1ccc(C(=O)N2CCCCC2)cc1. The molecule has 24 heavy (non-hydrogen) atoms. The molecule has 1 saturated carbocycles. The molecular weight excluding hydrogens is 296 g/mol. The Balaban J connectivity index is 1.55. The maximum atomic E-state index is 12.5. The van der Waals surface area contributed by atoms with E-state index in [-0.39, 0.29) is 5.91 Å². The van der Waals surface area contributed by atoms with Gasteiger partial charge in [-0.05, 0) is 61.6 Å². The summed E-state index contributed by atoms with van der Waals surface area (Å²) in [7, 11) is 0. The van der Waals surface area contributed by atoms with E-state index in [0.717, 1.165) is 49.9 Å². The summed E-state index contributed by atoms with van der Waals surface area (Å²) >= 11 is 0.